The van der Waals surface area contributed by atoms with E-state index in [1.54, 1.807) is 6.92 Å². The molecular weight excluding hydrogens is 220 g/mol. The van der Waals surface area contributed by atoms with E-state index in [-0.39, 0.29) is 5.78 Å². The molecule has 0 amide bonds. The summed E-state index contributed by atoms with van der Waals surface area (Å²) < 4.78 is 0. The highest BCUT2D eigenvalue weighted by Gasteiger charge is 1.93. The van der Waals surface area contributed by atoms with E-state index in [0.29, 0.717) is 6.42 Å². The molecule has 0 radical (unpaired) electrons. The van der Waals surface area contributed by atoms with E-state index < -0.39 is 0 Å². The monoisotopic (exact) mass is 248 g/mol. The van der Waals surface area contributed by atoms with Crippen molar-refractivity contribution in [1.82, 2.24) is 0 Å². The van der Waals surface area contributed by atoms with Crippen LogP contribution in [0.5, 0.6) is 0 Å². The lowest BCUT2D eigenvalue weighted by Gasteiger charge is -2.01. The second-order valence-electron chi connectivity index (χ2n) is 5.37. The first-order valence-corrected chi connectivity index (χ1v) is 6.86. The van der Waals surface area contributed by atoms with Crippen LogP contribution in [0.25, 0.3) is 0 Å². The van der Waals surface area contributed by atoms with Gasteiger partial charge in [0.2, 0.25) is 0 Å². The molecule has 0 aliphatic carbocycles. The lowest BCUT2D eigenvalue weighted by atomic mass is 10.1. The number of allylic oxidation sites excluding steroid dienone is 6. The van der Waals surface area contributed by atoms with Crippen molar-refractivity contribution in [3.8, 4) is 0 Å². The van der Waals surface area contributed by atoms with Crippen molar-refractivity contribution < 1.29 is 4.79 Å². The lowest BCUT2D eigenvalue weighted by Crippen LogP contribution is -1.87. The summed E-state index contributed by atoms with van der Waals surface area (Å²) in [6, 6.07) is 0. The lowest BCUT2D eigenvalue weighted by molar-refractivity contribution is -0.116. The molecule has 0 unspecified atom stereocenters. The zero-order valence-electron chi connectivity index (χ0n) is 12.7. The van der Waals surface area contributed by atoms with Crippen molar-refractivity contribution in [2.45, 2.75) is 66.7 Å². The Morgan fingerprint density at radius 2 is 1.28 bits per heavy atom. The predicted molar refractivity (Wildman–Crippen MR) is 80.7 cm³/mol. The fourth-order valence-electron chi connectivity index (χ4n) is 1.66. The van der Waals surface area contributed by atoms with Crippen LogP contribution in [0, 0.1) is 0 Å². The first-order chi connectivity index (χ1) is 8.41. The van der Waals surface area contributed by atoms with Gasteiger partial charge in [-0.1, -0.05) is 34.9 Å². The van der Waals surface area contributed by atoms with Crippen molar-refractivity contribution in [1.29, 1.82) is 0 Å². The van der Waals surface area contributed by atoms with Crippen LogP contribution >= 0.6 is 0 Å². The first-order valence-electron chi connectivity index (χ1n) is 6.86. The smallest absolute Gasteiger partial charge is 0.133 e. The number of carbonyl (C=O) groups is 1. The molecule has 0 N–H and O–H groups in total. The van der Waals surface area contributed by atoms with E-state index in [4.69, 9.17) is 0 Å². The van der Waals surface area contributed by atoms with Gasteiger partial charge >= 0.3 is 0 Å². The molecule has 0 saturated carbocycles. The normalized spacial score (nSPS) is 12.5. The zero-order valence-corrected chi connectivity index (χ0v) is 12.7. The molecule has 0 rings (SSSR count). The Labute approximate surface area is 113 Å². The maximum atomic E-state index is 10.8. The molecule has 0 aliphatic rings. The van der Waals surface area contributed by atoms with Crippen molar-refractivity contribution in [2.75, 3.05) is 0 Å². The van der Waals surface area contributed by atoms with E-state index in [2.05, 4.69) is 45.9 Å². The molecule has 0 aromatic heterocycles. The Kier molecular flexibility index (Phi) is 9.26. The summed E-state index contributed by atoms with van der Waals surface area (Å²) in [5, 5.41) is 0. The van der Waals surface area contributed by atoms with Crippen LogP contribution in [0.2, 0.25) is 0 Å². The molecule has 0 heterocycles. The molecule has 0 aromatic carbocycles. The van der Waals surface area contributed by atoms with Gasteiger partial charge < -0.3 is 0 Å². The van der Waals surface area contributed by atoms with Crippen LogP contribution in [0.1, 0.15) is 66.7 Å². The van der Waals surface area contributed by atoms with Crippen LogP contribution < -0.4 is 0 Å². The minimum Gasteiger partial charge on any atom is -0.300 e. The summed E-state index contributed by atoms with van der Waals surface area (Å²) in [6.45, 7) is 10.2. The molecule has 0 spiro atoms. The molecule has 18 heavy (non-hydrogen) atoms. The Morgan fingerprint density at radius 3 is 1.78 bits per heavy atom. The number of rotatable bonds is 8. The largest absolute Gasteiger partial charge is 0.300 e. The molecule has 0 fully saturated rings. The number of hydrogen-bond donors (Lipinski definition) is 0. The molecule has 0 aliphatic heterocycles. The first kappa shape index (κ1) is 16.9. The van der Waals surface area contributed by atoms with E-state index >= 15 is 0 Å². The highest BCUT2D eigenvalue weighted by atomic mass is 16.1. The van der Waals surface area contributed by atoms with Crippen LogP contribution in [-0.2, 0) is 4.79 Å². The number of ketones is 1. The molecule has 0 saturated heterocycles. The summed E-state index contributed by atoms with van der Waals surface area (Å²) in [5.41, 5.74) is 4.18. The summed E-state index contributed by atoms with van der Waals surface area (Å²) >= 11 is 0. The maximum Gasteiger partial charge on any atom is 0.133 e. The summed E-state index contributed by atoms with van der Waals surface area (Å²) in [6.07, 6.45) is 11.7. The zero-order chi connectivity index (χ0) is 14.0. The van der Waals surface area contributed by atoms with Gasteiger partial charge in [-0.25, -0.2) is 0 Å². The third-order valence-corrected chi connectivity index (χ3v) is 2.86. The van der Waals surface area contributed by atoms with Crippen LogP contribution in [0.3, 0.4) is 0 Å². The van der Waals surface area contributed by atoms with E-state index in [1.165, 1.54) is 16.7 Å². The summed E-state index contributed by atoms with van der Waals surface area (Å²) in [5.74, 6) is 0.239. The Balaban J connectivity index is 3.89. The maximum absolute atomic E-state index is 10.8. The average Bonchev–Trinajstić information content (AvgIpc) is 2.25. The number of Topliss-reactive ketones (excluding diaryl/α,β-unsaturated/α-hetero) is 1. The molecule has 102 valence electrons. The highest BCUT2D eigenvalue weighted by Crippen LogP contribution is 2.11. The quantitative estimate of drug-likeness (QED) is 0.527. The van der Waals surface area contributed by atoms with Crippen molar-refractivity contribution in [2.24, 2.45) is 0 Å². The SMILES string of the molecule is CC(=O)C/C=C(\C)CCC=C(C)CCC=C(C)C. The fraction of sp³-hybridized carbons (Fsp3) is 0.588. The topological polar surface area (TPSA) is 17.1 Å². The molecule has 0 bridgehead atoms. The van der Waals surface area contributed by atoms with E-state index in [9.17, 15) is 4.79 Å². The molecule has 0 atom stereocenters. The number of carbonyl (C=O) groups excluding carboxylic acids is 1. The van der Waals surface area contributed by atoms with Gasteiger partial charge in [0.15, 0.2) is 0 Å². The van der Waals surface area contributed by atoms with Gasteiger partial charge in [-0.05, 0) is 60.3 Å². The average molecular weight is 248 g/mol. The van der Waals surface area contributed by atoms with Gasteiger partial charge in [-0.3, -0.25) is 4.79 Å². The fourth-order valence-corrected chi connectivity index (χ4v) is 1.66. The predicted octanol–water partition coefficient (Wildman–Crippen LogP) is 5.38. The van der Waals surface area contributed by atoms with Gasteiger partial charge in [0, 0.05) is 6.42 Å². The van der Waals surface area contributed by atoms with Gasteiger partial charge in [0.25, 0.3) is 0 Å². The Hall–Kier alpha value is -1.11. The van der Waals surface area contributed by atoms with Gasteiger partial charge in [0.05, 0.1) is 0 Å². The van der Waals surface area contributed by atoms with E-state index in [1.807, 2.05) is 0 Å². The van der Waals surface area contributed by atoms with E-state index in [0.717, 1.165) is 25.7 Å². The third kappa shape index (κ3) is 11.4. The molecular formula is C17H28O. The van der Waals surface area contributed by atoms with Crippen LogP contribution in [-0.4, -0.2) is 5.78 Å². The van der Waals surface area contributed by atoms with Crippen molar-refractivity contribution >= 4 is 5.78 Å². The Morgan fingerprint density at radius 1 is 0.778 bits per heavy atom. The Bertz CT molecular complexity index is 339. The minimum absolute atomic E-state index is 0.239. The summed E-state index contributed by atoms with van der Waals surface area (Å²) in [4.78, 5) is 10.8. The standard InChI is InChI=1S/C17H28O/c1-14(2)8-6-9-15(3)10-7-11-16(4)12-13-17(5)18/h8,10,12H,6-7,9,11,13H2,1-5H3/b15-10?,16-12+. The van der Waals surface area contributed by atoms with Crippen LogP contribution in [0.15, 0.2) is 34.9 Å². The van der Waals surface area contributed by atoms with Gasteiger partial charge in [-0.15, -0.1) is 0 Å². The second kappa shape index (κ2) is 9.87. The third-order valence-electron chi connectivity index (χ3n) is 2.86. The van der Waals surface area contributed by atoms with Crippen LogP contribution in [0.4, 0.5) is 0 Å². The van der Waals surface area contributed by atoms with Crippen molar-refractivity contribution in [3.63, 3.8) is 0 Å². The molecule has 1 nitrogen and oxygen atoms in total. The highest BCUT2D eigenvalue weighted by molar-refractivity contribution is 5.77. The summed E-state index contributed by atoms with van der Waals surface area (Å²) in [7, 11) is 0. The second-order valence-corrected chi connectivity index (χ2v) is 5.37. The molecule has 1 heteroatoms. The molecule has 0 aromatic rings. The number of hydrogen-bond acceptors (Lipinski definition) is 1. The van der Waals surface area contributed by atoms with Gasteiger partial charge in [0.1, 0.15) is 5.78 Å². The minimum atomic E-state index is 0.239. The van der Waals surface area contributed by atoms with Crippen molar-refractivity contribution in [3.05, 3.63) is 34.9 Å². The van der Waals surface area contributed by atoms with Gasteiger partial charge in [-0.2, -0.15) is 0 Å².